The predicted molar refractivity (Wildman–Crippen MR) is 85.9 cm³/mol. The molecule has 1 saturated heterocycles. The van der Waals surface area contributed by atoms with E-state index < -0.39 is 15.6 Å². The Morgan fingerprint density at radius 2 is 1.76 bits per heavy atom. The van der Waals surface area contributed by atoms with Gasteiger partial charge in [-0.2, -0.15) is 4.31 Å². The zero-order valence-corrected chi connectivity index (χ0v) is 14.6. The molecule has 21 heavy (non-hydrogen) atoms. The lowest BCUT2D eigenvalue weighted by molar-refractivity contribution is 0.0263. The second kappa shape index (κ2) is 7.87. The van der Waals surface area contributed by atoms with Crippen LogP contribution in [0.1, 0.15) is 34.1 Å². The van der Waals surface area contributed by atoms with E-state index in [9.17, 15) is 13.5 Å². The van der Waals surface area contributed by atoms with Crippen LogP contribution in [0.15, 0.2) is 0 Å². The molecule has 0 spiro atoms. The van der Waals surface area contributed by atoms with Gasteiger partial charge in [0.25, 0.3) is 0 Å². The van der Waals surface area contributed by atoms with Crippen molar-refractivity contribution in [1.29, 1.82) is 0 Å². The Balaban J connectivity index is 2.35. The molecule has 0 bridgehead atoms. The first-order chi connectivity index (χ1) is 9.60. The molecule has 0 saturated carbocycles. The fourth-order valence-corrected chi connectivity index (χ4v) is 3.97. The fraction of sp³-hybridized carbons (Fsp3) is 1.00. The zero-order chi connectivity index (χ0) is 16.1. The van der Waals surface area contributed by atoms with Crippen molar-refractivity contribution in [2.75, 3.05) is 45.0 Å². The van der Waals surface area contributed by atoms with Gasteiger partial charge in [-0.05, 0) is 26.8 Å². The third kappa shape index (κ3) is 7.56. The second-order valence-electron chi connectivity index (χ2n) is 6.77. The van der Waals surface area contributed by atoms with E-state index in [-0.39, 0.29) is 5.75 Å². The van der Waals surface area contributed by atoms with Crippen molar-refractivity contribution in [3.63, 3.8) is 0 Å². The smallest absolute Gasteiger partial charge is 0.214 e. The predicted octanol–water partition coefficient (Wildman–Crippen LogP) is 0.0928. The molecule has 0 radical (unpaired) electrons. The quantitative estimate of drug-likeness (QED) is 0.620. The molecule has 2 N–H and O–H groups in total. The molecule has 1 fully saturated rings. The minimum Gasteiger partial charge on any atom is -0.389 e. The zero-order valence-electron chi connectivity index (χ0n) is 13.8. The molecule has 1 rings (SSSR count). The van der Waals surface area contributed by atoms with Crippen LogP contribution in [-0.4, -0.2) is 79.4 Å². The molecule has 0 aromatic rings. The first-order valence-corrected chi connectivity index (χ1v) is 9.37. The minimum atomic E-state index is -3.14. The van der Waals surface area contributed by atoms with Crippen LogP contribution >= 0.6 is 0 Å². The highest BCUT2D eigenvalue weighted by Crippen LogP contribution is 2.12. The lowest BCUT2D eigenvalue weighted by Gasteiger charge is -2.36. The maximum Gasteiger partial charge on any atom is 0.214 e. The summed E-state index contributed by atoms with van der Waals surface area (Å²) in [5, 5.41) is 13.0. The number of piperazine rings is 1. The highest BCUT2D eigenvalue weighted by Gasteiger charge is 2.28. The summed E-state index contributed by atoms with van der Waals surface area (Å²) in [5.74, 6) is 0.207. The molecular weight excluding hydrogens is 290 g/mol. The molecule has 0 aromatic carbocycles. The number of β-amino-alcohol motifs (C(OH)–C–C–N with tert-alkyl or cyclic N) is 1. The van der Waals surface area contributed by atoms with Crippen molar-refractivity contribution in [2.24, 2.45) is 0 Å². The van der Waals surface area contributed by atoms with Crippen molar-refractivity contribution in [3.05, 3.63) is 0 Å². The number of sulfonamides is 1. The fourth-order valence-electron chi connectivity index (χ4n) is 2.49. The van der Waals surface area contributed by atoms with Crippen LogP contribution in [0.4, 0.5) is 0 Å². The van der Waals surface area contributed by atoms with Gasteiger partial charge in [-0.15, -0.1) is 0 Å². The van der Waals surface area contributed by atoms with Gasteiger partial charge in [0.1, 0.15) is 0 Å². The number of aliphatic hydroxyl groups is 1. The SMILES string of the molecule is CC(C)NCCCS(=O)(=O)N1CCN(CC(C)(C)O)CC1. The molecule has 1 aliphatic rings. The summed E-state index contributed by atoms with van der Waals surface area (Å²) in [6.45, 7) is 11.4. The monoisotopic (exact) mass is 321 g/mol. The van der Waals surface area contributed by atoms with Crippen LogP contribution in [0.5, 0.6) is 0 Å². The summed E-state index contributed by atoms with van der Waals surface area (Å²) in [7, 11) is -3.14. The van der Waals surface area contributed by atoms with E-state index in [2.05, 4.69) is 24.1 Å². The molecule has 1 aliphatic heterocycles. The summed E-state index contributed by atoms with van der Waals surface area (Å²) in [6.07, 6.45) is 0.643. The van der Waals surface area contributed by atoms with Gasteiger partial charge in [-0.1, -0.05) is 13.8 Å². The summed E-state index contributed by atoms with van der Waals surface area (Å²) >= 11 is 0. The van der Waals surface area contributed by atoms with Crippen molar-refractivity contribution in [3.8, 4) is 0 Å². The second-order valence-corrected chi connectivity index (χ2v) is 8.85. The van der Waals surface area contributed by atoms with Crippen LogP contribution in [0, 0.1) is 0 Å². The molecule has 0 unspecified atom stereocenters. The molecule has 0 amide bonds. The van der Waals surface area contributed by atoms with Crippen LogP contribution < -0.4 is 5.32 Å². The topological polar surface area (TPSA) is 72.9 Å². The maximum absolute atomic E-state index is 12.3. The van der Waals surface area contributed by atoms with Crippen molar-refractivity contribution >= 4 is 10.0 Å². The standard InChI is InChI=1S/C14H31N3O3S/c1-13(2)15-6-5-11-21(19,20)17-9-7-16(8-10-17)12-14(3,4)18/h13,15,18H,5-12H2,1-4H3. The van der Waals surface area contributed by atoms with Crippen LogP contribution in [0.25, 0.3) is 0 Å². The lowest BCUT2D eigenvalue weighted by Crippen LogP contribution is -2.52. The van der Waals surface area contributed by atoms with Gasteiger partial charge in [0.2, 0.25) is 10.0 Å². The Bertz CT molecular complexity index is 396. The van der Waals surface area contributed by atoms with E-state index in [4.69, 9.17) is 0 Å². The van der Waals surface area contributed by atoms with Crippen molar-refractivity contribution in [2.45, 2.75) is 45.8 Å². The van der Waals surface area contributed by atoms with E-state index in [0.717, 1.165) is 6.54 Å². The van der Waals surface area contributed by atoms with E-state index >= 15 is 0 Å². The van der Waals surface area contributed by atoms with E-state index in [0.29, 0.717) is 45.2 Å². The Morgan fingerprint density at radius 1 is 1.19 bits per heavy atom. The summed E-state index contributed by atoms with van der Waals surface area (Å²) in [5.41, 5.74) is -0.733. The molecule has 126 valence electrons. The summed E-state index contributed by atoms with van der Waals surface area (Å²) in [6, 6.07) is 0.387. The maximum atomic E-state index is 12.3. The third-order valence-electron chi connectivity index (χ3n) is 3.47. The lowest BCUT2D eigenvalue weighted by atomic mass is 10.1. The molecule has 6 nitrogen and oxygen atoms in total. The molecule has 1 heterocycles. The van der Waals surface area contributed by atoms with Gasteiger partial charge in [0.15, 0.2) is 0 Å². The molecular formula is C14H31N3O3S. The highest BCUT2D eigenvalue weighted by atomic mass is 32.2. The molecule has 0 atom stereocenters. The summed E-state index contributed by atoms with van der Waals surface area (Å²) in [4.78, 5) is 2.12. The first-order valence-electron chi connectivity index (χ1n) is 7.76. The number of hydrogen-bond acceptors (Lipinski definition) is 5. The Morgan fingerprint density at radius 3 is 2.24 bits per heavy atom. The van der Waals surface area contributed by atoms with Crippen molar-refractivity contribution in [1.82, 2.24) is 14.5 Å². The molecule has 0 aromatic heterocycles. The van der Waals surface area contributed by atoms with Crippen LogP contribution in [0.2, 0.25) is 0 Å². The number of rotatable bonds is 8. The van der Waals surface area contributed by atoms with Crippen molar-refractivity contribution < 1.29 is 13.5 Å². The van der Waals surface area contributed by atoms with E-state index in [1.165, 1.54) is 0 Å². The average Bonchev–Trinajstić information content (AvgIpc) is 2.33. The van der Waals surface area contributed by atoms with E-state index in [1.54, 1.807) is 18.2 Å². The average molecular weight is 321 g/mol. The number of nitrogens with one attached hydrogen (secondary N) is 1. The summed E-state index contributed by atoms with van der Waals surface area (Å²) < 4.78 is 26.1. The highest BCUT2D eigenvalue weighted by molar-refractivity contribution is 7.89. The largest absolute Gasteiger partial charge is 0.389 e. The van der Waals surface area contributed by atoms with E-state index in [1.807, 2.05) is 0 Å². The molecule has 0 aliphatic carbocycles. The normalized spacial score (nSPS) is 19.3. The molecule has 7 heteroatoms. The third-order valence-corrected chi connectivity index (χ3v) is 5.42. The van der Waals surface area contributed by atoms with Gasteiger partial charge in [0.05, 0.1) is 11.4 Å². The Hall–Kier alpha value is -0.210. The minimum absolute atomic E-state index is 0.207. The van der Waals surface area contributed by atoms with Crippen LogP contribution in [0.3, 0.4) is 0 Å². The van der Waals surface area contributed by atoms with Gasteiger partial charge >= 0.3 is 0 Å². The van der Waals surface area contributed by atoms with Crippen LogP contribution in [-0.2, 0) is 10.0 Å². The number of nitrogens with zero attached hydrogens (tertiary/aromatic N) is 2. The first kappa shape index (κ1) is 18.8. The van der Waals surface area contributed by atoms with Gasteiger partial charge < -0.3 is 10.4 Å². The number of hydrogen-bond donors (Lipinski definition) is 2. The Kier molecular flexibility index (Phi) is 7.06. The Labute approximate surface area is 129 Å². The van der Waals surface area contributed by atoms with Gasteiger partial charge in [0, 0.05) is 38.8 Å². The van der Waals surface area contributed by atoms with Gasteiger partial charge in [-0.25, -0.2) is 8.42 Å². The van der Waals surface area contributed by atoms with Gasteiger partial charge in [-0.3, -0.25) is 4.90 Å².